The van der Waals surface area contributed by atoms with Gasteiger partial charge in [-0.15, -0.1) is 0 Å². The number of hydrogen-bond acceptors (Lipinski definition) is 7. The number of carbonyl (C=O) groups is 1. The molecule has 2 rings (SSSR count). The molecule has 4 atom stereocenters. The molecular weight excluding hydrogens is 477 g/mol. The fraction of sp³-hybridized carbons (Fsp3) is 0.696. The lowest BCUT2D eigenvalue weighted by Gasteiger charge is -2.14. The highest BCUT2D eigenvalue weighted by atomic mass is 31.2. The maximum atomic E-state index is 12.2. The van der Waals surface area contributed by atoms with Gasteiger partial charge in [0, 0.05) is 25.2 Å². The standard InChI is InChI=1S/C23H36N3O8P/c1-4-19-18(27)14-21(33-19)26-15-17(22(29)25-23(26)30)10-9-12-24-20(28)11-7-5-6-8-13-35(31,32)34-16(2)3/h15-16,18-19,21,27H,4-8,11-14H2,1-3H3,(H,24,28)(H,31,32)(H,25,29,30). The van der Waals surface area contributed by atoms with Gasteiger partial charge in [0.05, 0.1) is 24.9 Å². The molecule has 1 aromatic heterocycles. The van der Waals surface area contributed by atoms with Crippen LogP contribution >= 0.6 is 7.60 Å². The van der Waals surface area contributed by atoms with Crippen molar-refractivity contribution < 1.29 is 28.6 Å². The van der Waals surface area contributed by atoms with Crippen LogP contribution in [-0.4, -0.2) is 56.5 Å². The number of amides is 1. The Balaban J connectivity index is 1.76. The zero-order valence-electron chi connectivity index (χ0n) is 20.5. The first kappa shape index (κ1) is 29.0. The van der Waals surface area contributed by atoms with E-state index in [1.165, 1.54) is 10.8 Å². The first-order valence-corrected chi connectivity index (χ1v) is 13.7. The number of H-pyrrole nitrogens is 1. The van der Waals surface area contributed by atoms with Crippen LogP contribution in [0.25, 0.3) is 0 Å². The van der Waals surface area contributed by atoms with Gasteiger partial charge in [-0.2, -0.15) is 0 Å². The van der Waals surface area contributed by atoms with Crippen LogP contribution in [0.5, 0.6) is 0 Å². The Kier molecular flexibility index (Phi) is 11.4. The van der Waals surface area contributed by atoms with Crippen molar-refractivity contribution in [2.45, 2.75) is 90.3 Å². The summed E-state index contributed by atoms with van der Waals surface area (Å²) in [5, 5.41) is 12.7. The summed E-state index contributed by atoms with van der Waals surface area (Å²) >= 11 is 0. The molecule has 4 N–H and O–H groups in total. The monoisotopic (exact) mass is 513 g/mol. The molecule has 2 heterocycles. The van der Waals surface area contributed by atoms with E-state index in [-0.39, 0.29) is 42.8 Å². The third kappa shape index (κ3) is 9.74. The normalized spacial score (nSPS) is 21.4. The van der Waals surface area contributed by atoms with Crippen LogP contribution < -0.4 is 16.6 Å². The number of aromatic amines is 1. The number of aliphatic hydroxyl groups is 1. The van der Waals surface area contributed by atoms with Crippen molar-refractivity contribution in [1.82, 2.24) is 14.9 Å². The summed E-state index contributed by atoms with van der Waals surface area (Å²) in [6.45, 7) is 5.33. The fourth-order valence-electron chi connectivity index (χ4n) is 3.75. The van der Waals surface area contributed by atoms with Crippen molar-refractivity contribution in [2.24, 2.45) is 0 Å². The highest BCUT2D eigenvalue weighted by molar-refractivity contribution is 7.52. The van der Waals surface area contributed by atoms with Crippen molar-refractivity contribution in [2.75, 3.05) is 12.7 Å². The SMILES string of the molecule is CCC1OC(n2cc(C#CCNC(=O)CCCCCCP(=O)(O)OC(C)C)c(=O)[nH]c2=O)CC1O. The third-order valence-electron chi connectivity index (χ3n) is 5.45. The topological polar surface area (TPSA) is 160 Å². The van der Waals surface area contributed by atoms with Crippen LogP contribution in [0.1, 0.15) is 77.5 Å². The summed E-state index contributed by atoms with van der Waals surface area (Å²) in [7, 11) is -3.54. The van der Waals surface area contributed by atoms with Crippen molar-refractivity contribution in [3.8, 4) is 11.8 Å². The van der Waals surface area contributed by atoms with Gasteiger partial charge < -0.3 is 24.6 Å². The number of unbranched alkanes of at least 4 members (excludes halogenated alkanes) is 3. The number of rotatable bonds is 12. The quantitative estimate of drug-likeness (QED) is 0.186. The summed E-state index contributed by atoms with van der Waals surface area (Å²) in [6.07, 6.45) is 3.14. The fourth-order valence-corrected chi connectivity index (χ4v) is 5.13. The average Bonchev–Trinajstić information content (AvgIpc) is 3.14. The first-order chi connectivity index (χ1) is 16.5. The van der Waals surface area contributed by atoms with Crippen LogP contribution in [0.3, 0.4) is 0 Å². The Morgan fingerprint density at radius 2 is 2.06 bits per heavy atom. The largest absolute Gasteiger partial charge is 0.390 e. The predicted molar refractivity (Wildman–Crippen MR) is 130 cm³/mol. The lowest BCUT2D eigenvalue weighted by atomic mass is 10.1. The van der Waals surface area contributed by atoms with Crippen molar-refractivity contribution in [3.63, 3.8) is 0 Å². The maximum absolute atomic E-state index is 12.2. The zero-order valence-corrected chi connectivity index (χ0v) is 21.4. The zero-order chi connectivity index (χ0) is 26.0. The number of ether oxygens (including phenoxy) is 1. The predicted octanol–water partition coefficient (Wildman–Crippen LogP) is 1.62. The van der Waals surface area contributed by atoms with E-state index >= 15 is 0 Å². The van der Waals surface area contributed by atoms with Gasteiger partial charge in [-0.1, -0.05) is 31.6 Å². The smallest absolute Gasteiger partial charge is 0.330 e. The Morgan fingerprint density at radius 3 is 2.71 bits per heavy atom. The summed E-state index contributed by atoms with van der Waals surface area (Å²) in [4.78, 5) is 48.1. The Labute approximate surface area is 204 Å². The van der Waals surface area contributed by atoms with Crippen LogP contribution in [0, 0.1) is 11.8 Å². The van der Waals surface area contributed by atoms with Gasteiger partial charge in [-0.25, -0.2) is 4.79 Å². The van der Waals surface area contributed by atoms with Gasteiger partial charge in [-0.05, 0) is 33.1 Å². The second kappa shape index (κ2) is 13.8. The molecule has 0 aromatic carbocycles. The molecule has 0 radical (unpaired) electrons. The Bertz CT molecular complexity index is 1070. The average molecular weight is 514 g/mol. The van der Waals surface area contributed by atoms with Crippen LogP contribution in [0.15, 0.2) is 15.8 Å². The Morgan fingerprint density at radius 1 is 1.34 bits per heavy atom. The molecule has 11 nitrogen and oxygen atoms in total. The summed E-state index contributed by atoms with van der Waals surface area (Å²) < 4.78 is 23.7. The van der Waals surface area contributed by atoms with E-state index in [1.54, 1.807) is 13.8 Å². The molecule has 1 aliphatic heterocycles. The molecular formula is C23H36N3O8P. The highest BCUT2D eigenvalue weighted by Crippen LogP contribution is 2.44. The molecule has 1 fully saturated rings. The van der Waals surface area contributed by atoms with Gasteiger partial charge in [0.1, 0.15) is 11.8 Å². The molecule has 1 amide bonds. The number of carbonyl (C=O) groups excluding carboxylic acids is 1. The van der Waals surface area contributed by atoms with Crippen LogP contribution in [0.2, 0.25) is 0 Å². The van der Waals surface area contributed by atoms with Crippen molar-refractivity contribution >= 4 is 13.5 Å². The van der Waals surface area contributed by atoms with E-state index in [1.807, 2.05) is 6.92 Å². The van der Waals surface area contributed by atoms with E-state index in [0.29, 0.717) is 25.7 Å². The summed E-state index contributed by atoms with van der Waals surface area (Å²) in [5.74, 6) is 5.17. The lowest BCUT2D eigenvalue weighted by molar-refractivity contribution is -0.120. The van der Waals surface area contributed by atoms with Crippen LogP contribution in [0.4, 0.5) is 0 Å². The van der Waals surface area contributed by atoms with Crippen molar-refractivity contribution in [1.29, 1.82) is 0 Å². The van der Waals surface area contributed by atoms with E-state index < -0.39 is 31.2 Å². The van der Waals surface area contributed by atoms with Gasteiger partial charge in [-0.3, -0.25) is 23.7 Å². The van der Waals surface area contributed by atoms with Crippen molar-refractivity contribution in [3.05, 3.63) is 32.6 Å². The molecule has 1 aliphatic rings. The van der Waals surface area contributed by atoms with Gasteiger partial charge >= 0.3 is 13.3 Å². The minimum absolute atomic E-state index is 0.0359. The van der Waals surface area contributed by atoms with Gasteiger partial charge in [0.15, 0.2) is 0 Å². The van der Waals surface area contributed by atoms with Gasteiger partial charge in [0.25, 0.3) is 5.56 Å². The second-order valence-corrected chi connectivity index (χ2v) is 10.7. The minimum Gasteiger partial charge on any atom is -0.390 e. The van der Waals surface area contributed by atoms with E-state index in [9.17, 15) is 28.9 Å². The number of aliphatic hydroxyl groups excluding tert-OH is 1. The minimum atomic E-state index is -3.54. The number of hydrogen-bond donors (Lipinski definition) is 4. The summed E-state index contributed by atoms with van der Waals surface area (Å²) in [5.41, 5.74) is -1.22. The maximum Gasteiger partial charge on any atom is 0.330 e. The molecule has 0 aliphatic carbocycles. The van der Waals surface area contributed by atoms with E-state index in [2.05, 4.69) is 22.1 Å². The number of aromatic nitrogens is 2. The molecule has 196 valence electrons. The number of nitrogens with zero attached hydrogens (tertiary/aromatic N) is 1. The molecule has 12 heteroatoms. The summed E-state index contributed by atoms with van der Waals surface area (Å²) in [6, 6.07) is 0. The second-order valence-electron chi connectivity index (χ2n) is 8.81. The molecule has 0 saturated carbocycles. The van der Waals surface area contributed by atoms with E-state index in [4.69, 9.17) is 9.26 Å². The highest BCUT2D eigenvalue weighted by Gasteiger charge is 2.34. The molecule has 0 bridgehead atoms. The number of nitrogens with one attached hydrogen (secondary N) is 2. The molecule has 1 saturated heterocycles. The molecule has 35 heavy (non-hydrogen) atoms. The van der Waals surface area contributed by atoms with E-state index in [0.717, 1.165) is 12.8 Å². The molecule has 0 spiro atoms. The first-order valence-electron chi connectivity index (χ1n) is 12.0. The lowest BCUT2D eigenvalue weighted by Crippen LogP contribution is -2.33. The van der Waals surface area contributed by atoms with Gasteiger partial charge in [0.2, 0.25) is 5.91 Å². The third-order valence-corrected chi connectivity index (χ3v) is 7.08. The van der Waals surface area contributed by atoms with Crippen LogP contribution in [-0.2, 0) is 18.6 Å². The molecule has 1 aromatic rings. The molecule has 4 unspecified atom stereocenters. The Hall–Kier alpha value is -2.22.